The van der Waals surface area contributed by atoms with Crippen LogP contribution in [0.3, 0.4) is 0 Å². The highest BCUT2D eigenvalue weighted by molar-refractivity contribution is 5.86. The fourth-order valence-electron chi connectivity index (χ4n) is 3.68. The molecular formula is C19H25NO3. The van der Waals surface area contributed by atoms with E-state index in [1.165, 1.54) is 6.42 Å². The summed E-state index contributed by atoms with van der Waals surface area (Å²) in [5.74, 6) is 0.0330. The minimum atomic E-state index is -0.381. The van der Waals surface area contributed by atoms with Gasteiger partial charge in [-0.1, -0.05) is 49.6 Å². The number of hydrogen-bond acceptors (Lipinski definition) is 3. The molecule has 0 radical (unpaired) electrons. The first-order chi connectivity index (χ1) is 11.3. The molecule has 23 heavy (non-hydrogen) atoms. The molecule has 1 amide bonds. The maximum Gasteiger partial charge on any atom is 0.329 e. The lowest BCUT2D eigenvalue weighted by Crippen LogP contribution is -2.44. The number of likely N-dealkylation sites (tertiary alicyclic amines) is 1. The second-order valence-corrected chi connectivity index (χ2v) is 6.62. The molecule has 2 aliphatic rings. The third-order valence-corrected chi connectivity index (χ3v) is 4.99. The van der Waals surface area contributed by atoms with Gasteiger partial charge in [0.05, 0.1) is 0 Å². The van der Waals surface area contributed by atoms with E-state index in [-0.39, 0.29) is 30.4 Å². The molecule has 0 spiro atoms. The summed E-state index contributed by atoms with van der Waals surface area (Å²) in [5, 5.41) is 0. The van der Waals surface area contributed by atoms with Crippen molar-refractivity contribution in [2.45, 2.75) is 57.6 Å². The molecule has 0 bridgehead atoms. The van der Waals surface area contributed by atoms with E-state index in [0.717, 1.165) is 44.1 Å². The molecule has 1 aliphatic carbocycles. The van der Waals surface area contributed by atoms with Crippen LogP contribution in [0.4, 0.5) is 0 Å². The number of benzene rings is 1. The highest BCUT2D eigenvalue weighted by Crippen LogP contribution is 2.29. The average molecular weight is 315 g/mol. The van der Waals surface area contributed by atoms with E-state index >= 15 is 0 Å². The van der Waals surface area contributed by atoms with Crippen molar-refractivity contribution >= 4 is 11.9 Å². The van der Waals surface area contributed by atoms with Gasteiger partial charge in [0.25, 0.3) is 0 Å². The molecule has 1 saturated heterocycles. The van der Waals surface area contributed by atoms with Crippen molar-refractivity contribution in [2.24, 2.45) is 5.92 Å². The predicted molar refractivity (Wildman–Crippen MR) is 87.5 cm³/mol. The van der Waals surface area contributed by atoms with Crippen LogP contribution in [0.25, 0.3) is 0 Å². The summed E-state index contributed by atoms with van der Waals surface area (Å²) in [6.45, 7) is 0.974. The van der Waals surface area contributed by atoms with Crippen molar-refractivity contribution in [3.63, 3.8) is 0 Å². The van der Waals surface area contributed by atoms with Crippen LogP contribution in [0, 0.1) is 5.92 Å². The monoisotopic (exact) mass is 315 g/mol. The summed E-state index contributed by atoms with van der Waals surface area (Å²) in [5.41, 5.74) is 0.976. The fraction of sp³-hybridized carbons (Fsp3) is 0.579. The Kier molecular flexibility index (Phi) is 5.31. The summed E-state index contributed by atoms with van der Waals surface area (Å²) in [6.07, 6.45) is 7.06. The Morgan fingerprint density at radius 2 is 1.74 bits per heavy atom. The van der Waals surface area contributed by atoms with Crippen molar-refractivity contribution < 1.29 is 14.3 Å². The van der Waals surface area contributed by atoms with Crippen LogP contribution in [0.2, 0.25) is 0 Å². The van der Waals surface area contributed by atoms with Gasteiger partial charge < -0.3 is 9.64 Å². The molecule has 0 unspecified atom stereocenters. The number of carbonyl (C=O) groups excluding carboxylic acids is 2. The smallest absolute Gasteiger partial charge is 0.329 e. The maximum absolute atomic E-state index is 12.7. The quantitative estimate of drug-likeness (QED) is 0.801. The van der Waals surface area contributed by atoms with E-state index in [4.69, 9.17) is 4.74 Å². The Morgan fingerprint density at radius 1 is 1.00 bits per heavy atom. The summed E-state index contributed by atoms with van der Waals surface area (Å²) < 4.78 is 5.45. The lowest BCUT2D eigenvalue weighted by molar-refractivity contribution is -0.156. The molecule has 1 aliphatic heterocycles. The first-order valence-corrected chi connectivity index (χ1v) is 8.77. The Balaban J connectivity index is 1.57. The standard InChI is InChI=1S/C19H25NO3/c21-18(16-10-5-2-6-11-16)20-13-7-12-17(20)19(22)23-14-15-8-3-1-4-9-15/h1,3-4,8-9,16-17H,2,5-7,10-14H2/t17-/m0/s1. The van der Waals surface area contributed by atoms with Gasteiger partial charge >= 0.3 is 5.97 Å². The summed E-state index contributed by atoms with van der Waals surface area (Å²) in [7, 11) is 0. The van der Waals surface area contributed by atoms with Crippen LogP contribution in [0.15, 0.2) is 30.3 Å². The van der Waals surface area contributed by atoms with E-state index in [2.05, 4.69) is 0 Å². The Morgan fingerprint density at radius 3 is 2.48 bits per heavy atom. The van der Waals surface area contributed by atoms with Gasteiger partial charge in [-0.15, -0.1) is 0 Å². The predicted octanol–water partition coefficient (Wildman–Crippen LogP) is 3.30. The second kappa shape index (κ2) is 7.62. The Bertz CT molecular complexity index is 537. The first-order valence-electron chi connectivity index (χ1n) is 8.77. The van der Waals surface area contributed by atoms with E-state index < -0.39 is 0 Å². The van der Waals surface area contributed by atoms with E-state index in [9.17, 15) is 9.59 Å². The minimum Gasteiger partial charge on any atom is -0.459 e. The molecule has 1 saturated carbocycles. The van der Waals surface area contributed by atoms with E-state index in [1.807, 2.05) is 30.3 Å². The molecule has 4 heteroatoms. The molecule has 3 rings (SSSR count). The SMILES string of the molecule is O=C(OCc1ccccc1)[C@@H]1CCCN1C(=O)C1CCCCC1. The molecule has 124 valence electrons. The molecular weight excluding hydrogens is 290 g/mol. The molecule has 1 heterocycles. The summed E-state index contributed by atoms with van der Waals surface area (Å²) >= 11 is 0. The largest absolute Gasteiger partial charge is 0.459 e. The van der Waals surface area contributed by atoms with Crippen LogP contribution < -0.4 is 0 Å². The van der Waals surface area contributed by atoms with Crippen molar-refractivity contribution in [2.75, 3.05) is 6.54 Å². The second-order valence-electron chi connectivity index (χ2n) is 6.62. The highest BCUT2D eigenvalue weighted by Gasteiger charge is 2.38. The van der Waals surface area contributed by atoms with Crippen LogP contribution in [0.5, 0.6) is 0 Å². The molecule has 1 aromatic rings. The summed E-state index contributed by atoms with van der Waals surface area (Å²) in [4.78, 5) is 26.9. The molecule has 1 aromatic carbocycles. The lowest BCUT2D eigenvalue weighted by atomic mass is 9.88. The Labute approximate surface area is 137 Å². The van der Waals surface area contributed by atoms with Gasteiger partial charge in [-0.25, -0.2) is 4.79 Å². The third-order valence-electron chi connectivity index (χ3n) is 4.99. The molecule has 4 nitrogen and oxygen atoms in total. The first kappa shape index (κ1) is 16.0. The molecule has 2 fully saturated rings. The van der Waals surface area contributed by atoms with Gasteiger partial charge in [-0.05, 0) is 31.2 Å². The zero-order valence-corrected chi connectivity index (χ0v) is 13.6. The van der Waals surface area contributed by atoms with Gasteiger partial charge in [-0.2, -0.15) is 0 Å². The molecule has 1 atom stereocenters. The highest BCUT2D eigenvalue weighted by atomic mass is 16.5. The minimum absolute atomic E-state index is 0.117. The number of esters is 1. The fourth-order valence-corrected chi connectivity index (χ4v) is 3.68. The lowest BCUT2D eigenvalue weighted by Gasteiger charge is -2.29. The zero-order chi connectivity index (χ0) is 16.1. The number of rotatable bonds is 4. The van der Waals surface area contributed by atoms with Crippen LogP contribution >= 0.6 is 0 Å². The zero-order valence-electron chi connectivity index (χ0n) is 13.6. The van der Waals surface area contributed by atoms with Crippen molar-refractivity contribution in [3.05, 3.63) is 35.9 Å². The number of nitrogens with zero attached hydrogens (tertiary/aromatic N) is 1. The van der Waals surface area contributed by atoms with Crippen molar-refractivity contribution in [1.29, 1.82) is 0 Å². The van der Waals surface area contributed by atoms with Gasteiger partial charge in [0.15, 0.2) is 0 Å². The van der Waals surface area contributed by atoms with Gasteiger partial charge in [0.2, 0.25) is 5.91 Å². The van der Waals surface area contributed by atoms with Crippen LogP contribution in [-0.2, 0) is 20.9 Å². The molecule has 0 aromatic heterocycles. The van der Waals surface area contributed by atoms with Crippen LogP contribution in [0.1, 0.15) is 50.5 Å². The van der Waals surface area contributed by atoms with Crippen molar-refractivity contribution in [3.8, 4) is 0 Å². The van der Waals surface area contributed by atoms with Gasteiger partial charge in [0, 0.05) is 12.5 Å². The third kappa shape index (κ3) is 3.92. The topological polar surface area (TPSA) is 46.6 Å². The maximum atomic E-state index is 12.7. The normalized spacial score (nSPS) is 22.1. The summed E-state index contributed by atoms with van der Waals surface area (Å²) in [6, 6.07) is 9.29. The number of ether oxygens (including phenoxy) is 1. The van der Waals surface area contributed by atoms with Crippen molar-refractivity contribution in [1.82, 2.24) is 4.90 Å². The van der Waals surface area contributed by atoms with E-state index in [1.54, 1.807) is 4.90 Å². The van der Waals surface area contributed by atoms with E-state index in [0.29, 0.717) is 6.54 Å². The average Bonchev–Trinajstić information content (AvgIpc) is 3.10. The number of carbonyl (C=O) groups is 2. The number of amides is 1. The Hall–Kier alpha value is -1.84. The molecule has 0 N–H and O–H groups in total. The van der Waals surface area contributed by atoms with Gasteiger partial charge in [-0.3, -0.25) is 4.79 Å². The van der Waals surface area contributed by atoms with Crippen LogP contribution in [-0.4, -0.2) is 29.4 Å². The van der Waals surface area contributed by atoms with Gasteiger partial charge in [0.1, 0.15) is 12.6 Å². The number of hydrogen-bond donors (Lipinski definition) is 0.